The molecule has 0 saturated carbocycles. The van der Waals surface area contributed by atoms with Crippen molar-refractivity contribution in [2.24, 2.45) is 0 Å². The molecule has 2 rings (SSSR count). The molecule has 3 amide bonds. The Labute approximate surface area is 171 Å². The van der Waals surface area contributed by atoms with Crippen LogP contribution in [0.15, 0.2) is 36.7 Å². The van der Waals surface area contributed by atoms with Gasteiger partial charge in [0, 0.05) is 18.1 Å². The highest BCUT2D eigenvalue weighted by Crippen LogP contribution is 2.30. The summed E-state index contributed by atoms with van der Waals surface area (Å²) in [6.07, 6.45) is -1.40. The molecule has 2 aromatic rings. The number of aromatic nitrogens is 1. The summed E-state index contributed by atoms with van der Waals surface area (Å²) in [5.41, 5.74) is 0.0716. The molecule has 0 unspecified atom stereocenters. The fourth-order valence-corrected chi connectivity index (χ4v) is 2.39. The Balaban J connectivity index is 1.99. The lowest BCUT2D eigenvalue weighted by Gasteiger charge is -2.18. The highest BCUT2D eigenvalue weighted by molar-refractivity contribution is 6.44. The maximum Gasteiger partial charge on any atom is 0.428 e. The number of ether oxygens (including phenoxy) is 1. The predicted octanol–water partition coefficient (Wildman–Crippen LogP) is 5.13. The molecular formula is C15H9Cl4F2N3O3. The third-order valence-corrected chi connectivity index (χ3v) is 4.01. The number of carbonyl (C=O) groups excluding carboxylic acids is 2. The summed E-state index contributed by atoms with van der Waals surface area (Å²) in [7, 11) is 0. The Hall–Kier alpha value is -1.87. The first-order chi connectivity index (χ1) is 12.6. The van der Waals surface area contributed by atoms with E-state index in [1.54, 1.807) is 0 Å². The van der Waals surface area contributed by atoms with Gasteiger partial charge in [0.25, 0.3) is 5.91 Å². The van der Waals surface area contributed by atoms with E-state index in [0.717, 1.165) is 12.1 Å². The second-order valence-corrected chi connectivity index (χ2v) is 6.79. The SMILES string of the molecule is O=C(NC(=O)c1c(Cl)cncc1Cl)Nc1ccc(OC(F)(F)C(Cl)Cl)cc1. The molecule has 1 aromatic heterocycles. The minimum atomic E-state index is -3.79. The van der Waals surface area contributed by atoms with Crippen LogP contribution in [-0.2, 0) is 0 Å². The number of hydrogen-bond donors (Lipinski definition) is 2. The summed E-state index contributed by atoms with van der Waals surface area (Å²) in [4.78, 5) is 25.6. The van der Waals surface area contributed by atoms with Crippen LogP contribution in [0.4, 0.5) is 19.3 Å². The van der Waals surface area contributed by atoms with Crippen LogP contribution < -0.4 is 15.4 Å². The van der Waals surface area contributed by atoms with E-state index in [2.05, 4.69) is 15.0 Å². The van der Waals surface area contributed by atoms with Crippen LogP contribution in [0, 0.1) is 0 Å². The summed E-state index contributed by atoms with van der Waals surface area (Å²) < 4.78 is 30.9. The molecule has 0 bridgehead atoms. The number of pyridine rings is 1. The molecule has 0 saturated heterocycles. The lowest BCUT2D eigenvalue weighted by Crippen LogP contribution is -2.34. The fourth-order valence-electron chi connectivity index (χ4n) is 1.76. The van der Waals surface area contributed by atoms with E-state index < -0.39 is 22.9 Å². The van der Waals surface area contributed by atoms with Crippen LogP contribution >= 0.6 is 46.4 Å². The molecule has 0 aliphatic rings. The summed E-state index contributed by atoms with van der Waals surface area (Å²) in [5, 5.41) is 4.28. The van der Waals surface area contributed by atoms with Crippen LogP contribution in [0.2, 0.25) is 10.0 Å². The fraction of sp³-hybridized carbons (Fsp3) is 0.133. The molecule has 0 aliphatic heterocycles. The first-order valence-electron chi connectivity index (χ1n) is 6.96. The molecule has 6 nitrogen and oxygen atoms in total. The van der Waals surface area contributed by atoms with Crippen LogP contribution in [0.3, 0.4) is 0 Å². The Morgan fingerprint density at radius 1 is 1.07 bits per heavy atom. The van der Waals surface area contributed by atoms with Crippen molar-refractivity contribution >= 4 is 64.0 Å². The molecule has 1 aromatic carbocycles. The van der Waals surface area contributed by atoms with Crippen molar-refractivity contribution in [1.29, 1.82) is 0 Å². The largest absolute Gasteiger partial charge is 0.431 e. The maximum atomic E-state index is 13.3. The Morgan fingerprint density at radius 2 is 1.63 bits per heavy atom. The zero-order valence-corrected chi connectivity index (χ0v) is 16.0. The van der Waals surface area contributed by atoms with E-state index >= 15 is 0 Å². The highest BCUT2D eigenvalue weighted by atomic mass is 35.5. The normalized spacial score (nSPS) is 11.2. The van der Waals surface area contributed by atoms with Gasteiger partial charge in [0.1, 0.15) is 5.75 Å². The number of rotatable bonds is 5. The molecule has 0 aliphatic carbocycles. The van der Waals surface area contributed by atoms with Gasteiger partial charge in [0.15, 0.2) is 0 Å². The quantitative estimate of drug-likeness (QED) is 0.609. The third-order valence-electron chi connectivity index (χ3n) is 2.93. The van der Waals surface area contributed by atoms with Crippen molar-refractivity contribution < 1.29 is 23.1 Å². The average Bonchev–Trinajstić information content (AvgIpc) is 2.56. The lowest BCUT2D eigenvalue weighted by molar-refractivity contribution is -0.163. The minimum Gasteiger partial charge on any atom is -0.431 e. The van der Waals surface area contributed by atoms with Gasteiger partial charge in [-0.2, -0.15) is 8.78 Å². The van der Waals surface area contributed by atoms with Crippen molar-refractivity contribution in [1.82, 2.24) is 10.3 Å². The highest BCUT2D eigenvalue weighted by Gasteiger charge is 2.40. The molecule has 1 heterocycles. The van der Waals surface area contributed by atoms with Crippen LogP contribution in [0.5, 0.6) is 5.75 Å². The van der Waals surface area contributed by atoms with Crippen molar-refractivity contribution in [2.75, 3.05) is 5.32 Å². The minimum absolute atomic E-state index is 0.0351. The van der Waals surface area contributed by atoms with Gasteiger partial charge in [0.2, 0.25) is 4.84 Å². The second kappa shape index (κ2) is 8.88. The van der Waals surface area contributed by atoms with Gasteiger partial charge in [-0.3, -0.25) is 15.1 Å². The van der Waals surface area contributed by atoms with E-state index in [0.29, 0.717) is 0 Å². The summed E-state index contributed by atoms with van der Waals surface area (Å²) >= 11 is 21.9. The number of amides is 3. The van der Waals surface area contributed by atoms with Crippen molar-refractivity contribution in [3.05, 3.63) is 52.3 Å². The summed E-state index contributed by atoms with van der Waals surface area (Å²) in [6.45, 7) is 0. The number of anilines is 1. The number of urea groups is 1. The molecule has 12 heteroatoms. The lowest BCUT2D eigenvalue weighted by atomic mass is 10.2. The van der Waals surface area contributed by atoms with E-state index in [4.69, 9.17) is 46.4 Å². The van der Waals surface area contributed by atoms with Gasteiger partial charge in [-0.05, 0) is 24.3 Å². The molecule has 0 fully saturated rings. The number of nitrogens with one attached hydrogen (secondary N) is 2. The average molecular weight is 459 g/mol. The van der Waals surface area contributed by atoms with Crippen LogP contribution in [0.25, 0.3) is 0 Å². The van der Waals surface area contributed by atoms with Crippen LogP contribution in [0.1, 0.15) is 10.4 Å². The molecule has 0 atom stereocenters. The molecule has 27 heavy (non-hydrogen) atoms. The number of carbonyl (C=O) groups is 2. The molecular weight excluding hydrogens is 450 g/mol. The van der Waals surface area contributed by atoms with Gasteiger partial charge in [-0.25, -0.2) is 4.79 Å². The second-order valence-electron chi connectivity index (χ2n) is 4.88. The smallest absolute Gasteiger partial charge is 0.428 e. The number of imide groups is 1. The molecule has 2 N–H and O–H groups in total. The summed E-state index contributed by atoms with van der Waals surface area (Å²) in [5.74, 6) is -1.08. The zero-order chi connectivity index (χ0) is 20.2. The topological polar surface area (TPSA) is 80.3 Å². The predicted molar refractivity (Wildman–Crippen MR) is 98.3 cm³/mol. The number of nitrogens with zero attached hydrogens (tertiary/aromatic N) is 1. The van der Waals surface area contributed by atoms with Gasteiger partial charge in [-0.15, -0.1) is 0 Å². The molecule has 0 radical (unpaired) electrons. The standard InChI is InChI=1S/C15H9Cl4F2N3O3/c16-9-5-22-6-10(17)11(9)12(25)24-14(26)23-7-1-3-8(4-2-7)27-15(20,21)13(18)19/h1-6,13H,(H2,23,24,25,26). The number of halogens is 6. The Bertz CT molecular complexity index is 830. The van der Waals surface area contributed by atoms with Gasteiger partial charge in [0.05, 0.1) is 15.6 Å². The van der Waals surface area contributed by atoms with Crippen molar-refractivity contribution in [3.8, 4) is 5.75 Å². The number of benzene rings is 1. The van der Waals surface area contributed by atoms with E-state index in [9.17, 15) is 18.4 Å². The van der Waals surface area contributed by atoms with Crippen LogP contribution in [-0.4, -0.2) is 27.9 Å². The monoisotopic (exact) mass is 457 g/mol. The Morgan fingerprint density at radius 3 is 2.15 bits per heavy atom. The van der Waals surface area contributed by atoms with E-state index in [1.807, 2.05) is 5.32 Å². The van der Waals surface area contributed by atoms with E-state index in [-0.39, 0.29) is 27.0 Å². The first kappa shape index (κ1) is 21.4. The Kier molecular flexibility index (Phi) is 7.05. The summed E-state index contributed by atoms with van der Waals surface area (Å²) in [6, 6.07) is 3.93. The first-order valence-corrected chi connectivity index (χ1v) is 8.59. The molecule has 0 spiro atoms. The third kappa shape index (κ3) is 5.80. The number of hydrogen-bond acceptors (Lipinski definition) is 4. The number of alkyl halides is 4. The van der Waals surface area contributed by atoms with Gasteiger partial charge < -0.3 is 10.1 Å². The van der Waals surface area contributed by atoms with Gasteiger partial charge in [-0.1, -0.05) is 46.4 Å². The molecule has 144 valence electrons. The van der Waals surface area contributed by atoms with Gasteiger partial charge >= 0.3 is 12.1 Å². The maximum absolute atomic E-state index is 13.3. The zero-order valence-electron chi connectivity index (χ0n) is 13.0. The van der Waals surface area contributed by atoms with Crippen molar-refractivity contribution in [3.63, 3.8) is 0 Å². The van der Waals surface area contributed by atoms with Crippen molar-refractivity contribution in [2.45, 2.75) is 10.9 Å². The van der Waals surface area contributed by atoms with E-state index in [1.165, 1.54) is 24.5 Å².